The van der Waals surface area contributed by atoms with Gasteiger partial charge in [-0.1, -0.05) is 32.0 Å². The van der Waals surface area contributed by atoms with E-state index >= 15 is 0 Å². The predicted molar refractivity (Wildman–Crippen MR) is 139 cm³/mol. The molecule has 1 amide bonds. The predicted octanol–water partition coefficient (Wildman–Crippen LogP) is 4.80. The molecule has 1 aromatic carbocycles. The zero-order chi connectivity index (χ0) is 25.2. The highest BCUT2D eigenvalue weighted by molar-refractivity contribution is 6.14. The molecule has 8 heteroatoms. The van der Waals surface area contributed by atoms with Crippen molar-refractivity contribution in [3.05, 3.63) is 84.2 Å². The lowest BCUT2D eigenvalue weighted by atomic mass is 9.81. The number of pyridine rings is 1. The minimum absolute atomic E-state index is 0.0410. The van der Waals surface area contributed by atoms with Crippen molar-refractivity contribution < 1.29 is 9.59 Å². The van der Waals surface area contributed by atoms with Crippen LogP contribution in [0.25, 0.3) is 5.52 Å². The van der Waals surface area contributed by atoms with Crippen LogP contribution in [0.2, 0.25) is 0 Å². The third-order valence-electron chi connectivity index (χ3n) is 6.81. The molecule has 1 aliphatic rings. The van der Waals surface area contributed by atoms with E-state index in [1.54, 1.807) is 49.3 Å². The van der Waals surface area contributed by atoms with Crippen molar-refractivity contribution in [2.24, 2.45) is 5.92 Å². The fraction of sp³-hybridized carbons (Fsp3) is 0.321. The van der Waals surface area contributed by atoms with Gasteiger partial charge in [0.1, 0.15) is 17.7 Å². The van der Waals surface area contributed by atoms with Crippen LogP contribution >= 0.6 is 0 Å². The number of Topliss-reactive ketones (excluding diaryl/α,β-unsaturated/α-hetero) is 1. The number of anilines is 2. The van der Waals surface area contributed by atoms with Gasteiger partial charge < -0.3 is 9.72 Å². The van der Waals surface area contributed by atoms with Crippen molar-refractivity contribution >= 4 is 28.8 Å². The standard InChI is InChI=1S/C28H30N6O2/c1-18(2)26(35)21-7-6-8-22(25(21)20-11-10-19(3)31-15-20)28(36)34(24-9-4-5-12-30-24)27-23-16-29-13-14-33(23)17-32-27/h4-9,12-14,16-20,31H,10-11,15H2,1-3H3. The highest BCUT2D eigenvalue weighted by Crippen LogP contribution is 2.35. The molecular weight excluding hydrogens is 452 g/mol. The van der Waals surface area contributed by atoms with Crippen molar-refractivity contribution in [3.63, 3.8) is 0 Å². The normalized spacial score (nSPS) is 17.9. The highest BCUT2D eigenvalue weighted by Gasteiger charge is 2.32. The Morgan fingerprint density at radius 3 is 2.61 bits per heavy atom. The fourth-order valence-electron chi connectivity index (χ4n) is 4.88. The smallest absolute Gasteiger partial charge is 0.265 e. The number of rotatable bonds is 6. The summed E-state index contributed by atoms with van der Waals surface area (Å²) in [5, 5.41) is 3.53. The number of hydrogen-bond acceptors (Lipinski definition) is 6. The molecule has 184 valence electrons. The first-order chi connectivity index (χ1) is 17.5. The summed E-state index contributed by atoms with van der Waals surface area (Å²) in [6.45, 7) is 6.66. The van der Waals surface area contributed by atoms with E-state index in [4.69, 9.17) is 0 Å². The zero-order valence-electron chi connectivity index (χ0n) is 20.8. The molecule has 0 spiro atoms. The quantitative estimate of drug-likeness (QED) is 0.397. The topological polar surface area (TPSA) is 92.5 Å². The van der Waals surface area contributed by atoms with Gasteiger partial charge in [-0.25, -0.2) is 14.9 Å². The van der Waals surface area contributed by atoms with Crippen molar-refractivity contribution in [2.75, 3.05) is 11.4 Å². The summed E-state index contributed by atoms with van der Waals surface area (Å²) in [6, 6.07) is 11.3. The molecule has 4 heterocycles. The van der Waals surface area contributed by atoms with Crippen molar-refractivity contribution in [1.82, 2.24) is 24.7 Å². The maximum atomic E-state index is 14.4. The minimum Gasteiger partial charge on any atom is -0.314 e. The van der Waals surface area contributed by atoms with Crippen LogP contribution < -0.4 is 10.2 Å². The summed E-state index contributed by atoms with van der Waals surface area (Å²) >= 11 is 0. The van der Waals surface area contributed by atoms with Gasteiger partial charge in [0.15, 0.2) is 11.6 Å². The maximum Gasteiger partial charge on any atom is 0.265 e. The molecule has 36 heavy (non-hydrogen) atoms. The lowest BCUT2D eigenvalue weighted by Crippen LogP contribution is -2.38. The number of imidazole rings is 1. The van der Waals surface area contributed by atoms with E-state index < -0.39 is 0 Å². The van der Waals surface area contributed by atoms with E-state index in [2.05, 4.69) is 27.2 Å². The Labute approximate surface area is 210 Å². The van der Waals surface area contributed by atoms with E-state index in [1.807, 2.05) is 36.4 Å². The number of carbonyl (C=O) groups excluding carboxylic acids is 2. The molecule has 1 N–H and O–H groups in total. The summed E-state index contributed by atoms with van der Waals surface area (Å²) in [5.41, 5.74) is 2.61. The molecule has 4 aromatic rings. The molecule has 2 unspecified atom stereocenters. The lowest BCUT2D eigenvalue weighted by Gasteiger charge is -2.31. The molecule has 8 nitrogen and oxygen atoms in total. The van der Waals surface area contributed by atoms with Crippen molar-refractivity contribution in [2.45, 2.75) is 45.6 Å². The molecule has 1 fully saturated rings. The molecule has 3 aromatic heterocycles. The van der Waals surface area contributed by atoms with Gasteiger partial charge in [0.05, 0.1) is 6.20 Å². The summed E-state index contributed by atoms with van der Waals surface area (Å²) in [6.07, 6.45) is 10.3. The Balaban J connectivity index is 1.69. The first-order valence-corrected chi connectivity index (χ1v) is 12.4. The van der Waals surface area contributed by atoms with E-state index in [9.17, 15) is 9.59 Å². The minimum atomic E-state index is -0.273. The monoisotopic (exact) mass is 482 g/mol. The molecule has 0 radical (unpaired) electrons. The summed E-state index contributed by atoms with van der Waals surface area (Å²) in [4.78, 5) is 42.6. The van der Waals surface area contributed by atoms with Gasteiger partial charge in [0, 0.05) is 48.2 Å². The molecule has 5 rings (SSSR count). The second-order valence-electron chi connectivity index (χ2n) is 9.63. The van der Waals surface area contributed by atoms with Gasteiger partial charge in [-0.3, -0.25) is 14.6 Å². The fourth-order valence-corrected chi connectivity index (χ4v) is 4.88. The van der Waals surface area contributed by atoms with Gasteiger partial charge in [-0.2, -0.15) is 0 Å². The first kappa shape index (κ1) is 23.8. The Morgan fingerprint density at radius 2 is 1.89 bits per heavy atom. The van der Waals surface area contributed by atoms with Crippen LogP contribution in [0, 0.1) is 5.92 Å². The van der Waals surface area contributed by atoms with Crippen LogP contribution in [-0.2, 0) is 0 Å². The summed E-state index contributed by atoms with van der Waals surface area (Å²) in [7, 11) is 0. The molecule has 1 saturated heterocycles. The van der Waals surface area contributed by atoms with Gasteiger partial charge in [-0.15, -0.1) is 0 Å². The number of aromatic nitrogens is 4. The van der Waals surface area contributed by atoms with E-state index in [0.717, 1.165) is 18.4 Å². The number of piperidine rings is 1. The number of carbonyl (C=O) groups is 2. The SMILES string of the molecule is CC1CCC(c2c(C(=O)C(C)C)cccc2C(=O)N(c2ccccn2)c2ncn3ccncc23)CN1. The molecule has 1 aliphatic heterocycles. The van der Waals surface area contributed by atoms with Gasteiger partial charge in [0.2, 0.25) is 0 Å². The Bertz CT molecular complexity index is 1390. The number of hydrogen-bond donors (Lipinski definition) is 1. The molecule has 0 aliphatic carbocycles. The number of amides is 1. The van der Waals surface area contributed by atoms with Gasteiger partial charge >= 0.3 is 0 Å². The van der Waals surface area contributed by atoms with Crippen molar-refractivity contribution in [3.8, 4) is 0 Å². The largest absolute Gasteiger partial charge is 0.314 e. The Kier molecular flexibility index (Phi) is 6.61. The number of nitrogens with zero attached hydrogens (tertiary/aromatic N) is 5. The summed E-state index contributed by atoms with van der Waals surface area (Å²) in [5.74, 6) is 0.525. The van der Waals surface area contributed by atoms with Crippen LogP contribution in [0.5, 0.6) is 0 Å². The second-order valence-corrected chi connectivity index (χ2v) is 9.63. The molecule has 0 saturated carbocycles. The molecule has 2 atom stereocenters. The first-order valence-electron chi connectivity index (χ1n) is 12.4. The van der Waals surface area contributed by atoms with Gasteiger partial charge in [0.25, 0.3) is 5.91 Å². The van der Waals surface area contributed by atoms with Crippen LogP contribution in [0.15, 0.2) is 67.5 Å². The number of benzene rings is 1. The maximum absolute atomic E-state index is 14.4. The third kappa shape index (κ3) is 4.40. The van der Waals surface area contributed by atoms with E-state index in [1.165, 1.54) is 4.90 Å². The number of nitrogens with one attached hydrogen (secondary N) is 1. The van der Waals surface area contributed by atoms with E-state index in [-0.39, 0.29) is 23.5 Å². The Morgan fingerprint density at radius 1 is 1.06 bits per heavy atom. The van der Waals surface area contributed by atoms with Crippen LogP contribution in [0.4, 0.5) is 11.6 Å². The molecule has 0 bridgehead atoms. The Hall–Kier alpha value is -3.91. The second kappa shape index (κ2) is 9.99. The highest BCUT2D eigenvalue weighted by atomic mass is 16.2. The van der Waals surface area contributed by atoms with Crippen LogP contribution in [-0.4, -0.2) is 43.6 Å². The van der Waals surface area contributed by atoms with Crippen LogP contribution in [0.3, 0.4) is 0 Å². The summed E-state index contributed by atoms with van der Waals surface area (Å²) < 4.78 is 1.82. The number of fused-ring (bicyclic) bond motifs is 1. The van der Waals surface area contributed by atoms with Gasteiger partial charge in [-0.05, 0) is 49.4 Å². The number of ketones is 1. The van der Waals surface area contributed by atoms with E-state index in [0.29, 0.717) is 40.9 Å². The zero-order valence-corrected chi connectivity index (χ0v) is 20.8. The van der Waals surface area contributed by atoms with Crippen molar-refractivity contribution in [1.29, 1.82) is 0 Å². The lowest BCUT2D eigenvalue weighted by molar-refractivity contribution is 0.0937. The third-order valence-corrected chi connectivity index (χ3v) is 6.81. The molecular formula is C28H30N6O2. The average molecular weight is 483 g/mol. The van der Waals surface area contributed by atoms with Crippen LogP contribution in [0.1, 0.15) is 65.8 Å². The average Bonchev–Trinajstić information content (AvgIpc) is 3.33.